The summed E-state index contributed by atoms with van der Waals surface area (Å²) in [6.07, 6.45) is 0. The van der Waals surface area contributed by atoms with Gasteiger partial charge < -0.3 is 9.32 Å². The molecule has 5 aromatic rings. The average Bonchev–Trinajstić information content (AvgIpc) is 3.18. The smallest absolute Gasteiger partial charge is 0.159 e. The highest BCUT2D eigenvalue weighted by Crippen LogP contribution is 2.42. The Balaban J connectivity index is 1.77. The quantitative estimate of drug-likeness (QED) is 0.304. The van der Waals surface area contributed by atoms with E-state index in [1.54, 1.807) is 24.3 Å². The van der Waals surface area contributed by atoms with Crippen LogP contribution in [0.25, 0.3) is 21.9 Å². The molecule has 0 spiro atoms. The van der Waals surface area contributed by atoms with Crippen LogP contribution in [-0.2, 0) is 0 Å². The predicted octanol–water partition coefficient (Wildman–Crippen LogP) is 7.45. The van der Waals surface area contributed by atoms with Crippen molar-refractivity contribution in [2.75, 3.05) is 4.90 Å². The third-order valence-electron chi connectivity index (χ3n) is 5.19. The highest BCUT2D eigenvalue weighted by atomic mass is 35.5. The molecule has 1 aromatic heterocycles. The highest BCUT2D eigenvalue weighted by molar-refractivity contribution is 6.31. The van der Waals surface area contributed by atoms with E-state index in [9.17, 15) is 10.5 Å². The number of para-hydroxylation sites is 1. The van der Waals surface area contributed by atoms with Crippen LogP contribution in [0.3, 0.4) is 0 Å². The largest absolute Gasteiger partial charge is 0.454 e. The lowest BCUT2D eigenvalue weighted by Crippen LogP contribution is -2.10. The van der Waals surface area contributed by atoms with Crippen molar-refractivity contribution in [3.05, 3.63) is 101 Å². The summed E-state index contributed by atoms with van der Waals surface area (Å²) in [7, 11) is 0. The predicted molar refractivity (Wildman–Crippen MR) is 123 cm³/mol. The van der Waals surface area contributed by atoms with Crippen molar-refractivity contribution in [3.8, 4) is 12.1 Å². The van der Waals surface area contributed by atoms with E-state index in [4.69, 9.17) is 16.0 Å². The van der Waals surface area contributed by atoms with E-state index in [0.717, 1.165) is 39.0 Å². The van der Waals surface area contributed by atoms with Gasteiger partial charge in [0.25, 0.3) is 0 Å². The lowest BCUT2D eigenvalue weighted by atomic mass is 10.1. The first-order valence-electron chi connectivity index (χ1n) is 9.59. The van der Waals surface area contributed by atoms with Crippen molar-refractivity contribution in [1.82, 2.24) is 0 Å². The molecule has 0 aliphatic carbocycles. The molecule has 5 heteroatoms. The molecular weight excluding hydrogens is 406 g/mol. The number of halogens is 1. The van der Waals surface area contributed by atoms with E-state index in [1.165, 1.54) is 0 Å². The summed E-state index contributed by atoms with van der Waals surface area (Å²) in [6.45, 7) is 0. The molecule has 4 aromatic carbocycles. The Morgan fingerprint density at radius 2 is 1.32 bits per heavy atom. The van der Waals surface area contributed by atoms with Gasteiger partial charge in [0.05, 0.1) is 29.0 Å². The zero-order chi connectivity index (χ0) is 21.4. The van der Waals surface area contributed by atoms with E-state index in [2.05, 4.69) is 17.0 Å². The minimum absolute atomic E-state index is 0.583. The van der Waals surface area contributed by atoms with E-state index in [0.29, 0.717) is 16.1 Å². The fraction of sp³-hybridized carbons (Fsp3) is 0. The monoisotopic (exact) mass is 419 g/mol. The number of benzene rings is 4. The second-order valence-electron chi connectivity index (χ2n) is 7.05. The van der Waals surface area contributed by atoms with Crippen molar-refractivity contribution in [1.29, 1.82) is 10.5 Å². The normalized spacial score (nSPS) is 10.7. The van der Waals surface area contributed by atoms with Crippen LogP contribution in [0.4, 0.5) is 17.1 Å². The second-order valence-corrected chi connectivity index (χ2v) is 7.49. The Bertz CT molecular complexity index is 1450. The molecule has 0 saturated carbocycles. The van der Waals surface area contributed by atoms with Gasteiger partial charge in [-0.2, -0.15) is 10.5 Å². The van der Waals surface area contributed by atoms with Crippen LogP contribution < -0.4 is 4.90 Å². The van der Waals surface area contributed by atoms with Gasteiger partial charge in [-0.3, -0.25) is 0 Å². The molecule has 0 atom stereocenters. The van der Waals surface area contributed by atoms with Crippen molar-refractivity contribution in [3.63, 3.8) is 0 Å². The number of hydrogen-bond donors (Lipinski definition) is 0. The third kappa shape index (κ3) is 3.26. The summed E-state index contributed by atoms with van der Waals surface area (Å²) in [5, 5.41) is 21.0. The number of rotatable bonds is 3. The fourth-order valence-corrected chi connectivity index (χ4v) is 3.89. The molecule has 4 nitrogen and oxygen atoms in total. The Hall–Kier alpha value is -4.25. The number of nitrogens with zero attached hydrogens (tertiary/aromatic N) is 3. The average molecular weight is 420 g/mol. The molecule has 0 aliphatic heterocycles. The summed E-state index contributed by atoms with van der Waals surface area (Å²) < 4.78 is 6.25. The molecule has 0 aliphatic rings. The minimum atomic E-state index is 0.583. The molecule has 0 radical (unpaired) electrons. The van der Waals surface area contributed by atoms with Gasteiger partial charge in [-0.25, -0.2) is 0 Å². The van der Waals surface area contributed by atoms with Crippen LogP contribution in [-0.4, -0.2) is 0 Å². The zero-order valence-electron chi connectivity index (χ0n) is 16.2. The first-order valence-corrected chi connectivity index (χ1v) is 9.97. The molecule has 0 saturated heterocycles. The molecule has 0 unspecified atom stereocenters. The lowest BCUT2D eigenvalue weighted by molar-refractivity contribution is 0.669. The third-order valence-corrected chi connectivity index (χ3v) is 5.43. The molecule has 146 valence electrons. The lowest BCUT2D eigenvalue weighted by Gasteiger charge is -2.25. The SMILES string of the molecule is N#Cc1ccc(N(c2ccc(C#N)cc2)c2cccc3c2oc2cc(Cl)ccc23)cc1. The standard InChI is InChI=1S/C26H14ClN3O/c27-19-8-13-22-23-2-1-3-24(26(23)31-25(22)14-19)30(20-9-4-17(15-28)5-10-20)21-11-6-18(16-29)7-12-21/h1-14H. The fourth-order valence-electron chi connectivity index (χ4n) is 3.73. The summed E-state index contributed by atoms with van der Waals surface area (Å²) in [5.41, 5.74) is 5.20. The molecule has 0 fully saturated rings. The van der Waals surface area contributed by atoms with E-state index >= 15 is 0 Å². The first kappa shape index (κ1) is 18.8. The topological polar surface area (TPSA) is 64.0 Å². The van der Waals surface area contributed by atoms with Gasteiger partial charge in [0.15, 0.2) is 5.58 Å². The summed E-state index contributed by atoms with van der Waals surface area (Å²) in [4.78, 5) is 2.05. The molecule has 1 heterocycles. The first-order chi connectivity index (χ1) is 15.2. The molecular formula is C26H14ClN3O. The molecule has 0 amide bonds. The van der Waals surface area contributed by atoms with Crippen molar-refractivity contribution < 1.29 is 4.42 Å². The van der Waals surface area contributed by atoms with Gasteiger partial charge in [-0.15, -0.1) is 0 Å². The zero-order valence-corrected chi connectivity index (χ0v) is 17.0. The number of nitriles is 2. The summed E-state index contributed by atoms with van der Waals surface area (Å²) in [5.74, 6) is 0. The van der Waals surface area contributed by atoms with Crippen LogP contribution in [0.5, 0.6) is 0 Å². The van der Waals surface area contributed by atoms with Crippen molar-refractivity contribution in [2.24, 2.45) is 0 Å². The Kier molecular flexibility index (Phi) is 4.56. The van der Waals surface area contributed by atoms with Gasteiger partial charge in [0, 0.05) is 33.2 Å². The molecule has 0 N–H and O–H groups in total. The maximum atomic E-state index is 9.18. The van der Waals surface area contributed by atoms with Gasteiger partial charge in [0.1, 0.15) is 5.58 Å². The summed E-state index contributed by atoms with van der Waals surface area (Å²) >= 11 is 6.17. The van der Waals surface area contributed by atoms with Gasteiger partial charge in [0.2, 0.25) is 0 Å². The van der Waals surface area contributed by atoms with Crippen LogP contribution in [0, 0.1) is 22.7 Å². The number of hydrogen-bond acceptors (Lipinski definition) is 4. The van der Waals surface area contributed by atoms with Gasteiger partial charge in [-0.1, -0.05) is 23.7 Å². The maximum absolute atomic E-state index is 9.18. The molecule has 5 rings (SSSR count). The van der Waals surface area contributed by atoms with Crippen LogP contribution >= 0.6 is 11.6 Å². The van der Waals surface area contributed by atoms with Gasteiger partial charge >= 0.3 is 0 Å². The number of furan rings is 1. The minimum Gasteiger partial charge on any atom is -0.454 e. The van der Waals surface area contributed by atoms with E-state index in [-0.39, 0.29) is 0 Å². The Morgan fingerprint density at radius 3 is 1.90 bits per heavy atom. The molecule has 0 bridgehead atoms. The summed E-state index contributed by atoms with van der Waals surface area (Å²) in [6, 6.07) is 30.7. The van der Waals surface area contributed by atoms with Crippen LogP contribution in [0.1, 0.15) is 11.1 Å². The van der Waals surface area contributed by atoms with E-state index in [1.807, 2.05) is 60.7 Å². The Labute approximate surface area is 183 Å². The number of anilines is 3. The van der Waals surface area contributed by atoms with Crippen molar-refractivity contribution in [2.45, 2.75) is 0 Å². The second kappa shape index (κ2) is 7.54. The Morgan fingerprint density at radius 1 is 0.710 bits per heavy atom. The van der Waals surface area contributed by atoms with Gasteiger partial charge in [-0.05, 0) is 66.7 Å². The van der Waals surface area contributed by atoms with Crippen molar-refractivity contribution >= 4 is 50.6 Å². The van der Waals surface area contributed by atoms with E-state index < -0.39 is 0 Å². The number of fused-ring (bicyclic) bond motifs is 3. The maximum Gasteiger partial charge on any atom is 0.159 e. The van der Waals surface area contributed by atoms with Crippen LogP contribution in [0.15, 0.2) is 89.3 Å². The molecule has 31 heavy (non-hydrogen) atoms. The highest BCUT2D eigenvalue weighted by Gasteiger charge is 2.19. The van der Waals surface area contributed by atoms with Crippen LogP contribution in [0.2, 0.25) is 5.02 Å².